The molecule has 6 nitrogen and oxygen atoms in total. The summed E-state index contributed by atoms with van der Waals surface area (Å²) in [5, 5.41) is 17.1. The average molecular weight is 298 g/mol. The number of nitrogens with one attached hydrogen (secondary N) is 2. The molecule has 1 unspecified atom stereocenters. The van der Waals surface area contributed by atoms with E-state index in [1.807, 2.05) is 0 Å². The van der Waals surface area contributed by atoms with E-state index in [0.29, 0.717) is 23.7 Å². The van der Waals surface area contributed by atoms with E-state index >= 15 is 0 Å². The minimum absolute atomic E-state index is 0.00322. The number of nitrogens with zero attached hydrogens (tertiary/aromatic N) is 1. The van der Waals surface area contributed by atoms with Gasteiger partial charge in [-0.3, -0.25) is 14.9 Å². The molecule has 1 saturated heterocycles. The number of amides is 1. The number of nitro groups is 1. The van der Waals surface area contributed by atoms with E-state index in [-0.39, 0.29) is 17.6 Å². The summed E-state index contributed by atoms with van der Waals surface area (Å²) < 4.78 is 0. The molecule has 1 aromatic rings. The van der Waals surface area contributed by atoms with Crippen molar-refractivity contribution in [3.8, 4) is 0 Å². The van der Waals surface area contributed by atoms with Crippen LogP contribution in [0.5, 0.6) is 0 Å². The van der Waals surface area contributed by atoms with Crippen LogP contribution in [0.1, 0.15) is 24.8 Å². The van der Waals surface area contributed by atoms with Crippen molar-refractivity contribution in [2.24, 2.45) is 0 Å². The first-order chi connectivity index (χ1) is 9.58. The van der Waals surface area contributed by atoms with Crippen molar-refractivity contribution in [3.63, 3.8) is 0 Å². The smallest absolute Gasteiger partial charge is 0.269 e. The summed E-state index contributed by atoms with van der Waals surface area (Å²) in [6, 6.07) is 4.03. The summed E-state index contributed by atoms with van der Waals surface area (Å²) in [5.41, 5.74) is 0.620. The first-order valence-corrected chi connectivity index (χ1v) is 6.89. The van der Waals surface area contributed by atoms with Crippen LogP contribution in [0.25, 0.3) is 0 Å². The van der Waals surface area contributed by atoms with Crippen LogP contribution in [-0.4, -0.2) is 23.4 Å². The van der Waals surface area contributed by atoms with Crippen molar-refractivity contribution in [2.45, 2.75) is 31.8 Å². The third-order valence-electron chi connectivity index (χ3n) is 3.31. The fourth-order valence-electron chi connectivity index (χ4n) is 2.18. The number of rotatable bonds is 4. The lowest BCUT2D eigenvalue weighted by atomic mass is 10.1. The van der Waals surface area contributed by atoms with E-state index in [1.54, 1.807) is 0 Å². The van der Waals surface area contributed by atoms with Gasteiger partial charge in [-0.15, -0.1) is 0 Å². The molecular weight excluding hydrogens is 282 g/mol. The largest absolute Gasteiger partial charge is 0.355 e. The molecule has 1 aromatic carbocycles. The molecule has 1 heterocycles. The molecule has 1 aliphatic heterocycles. The fourth-order valence-corrected chi connectivity index (χ4v) is 2.36. The number of hydrogen-bond acceptors (Lipinski definition) is 4. The minimum Gasteiger partial charge on any atom is -0.355 e. The second-order valence-electron chi connectivity index (χ2n) is 4.75. The molecule has 7 heteroatoms. The van der Waals surface area contributed by atoms with Gasteiger partial charge in [-0.25, -0.2) is 0 Å². The molecule has 108 valence electrons. The molecule has 0 spiro atoms. The minimum atomic E-state index is -0.460. The van der Waals surface area contributed by atoms with Crippen molar-refractivity contribution in [1.82, 2.24) is 10.6 Å². The molecule has 20 heavy (non-hydrogen) atoms. The molecule has 1 amide bonds. The summed E-state index contributed by atoms with van der Waals surface area (Å²) in [6.07, 6.45) is 2.71. The predicted octanol–water partition coefficient (Wildman–Crippen LogP) is 2.01. The standard InChI is InChI=1S/C13H16ClN3O3/c14-11-5-4-10(17(19)20)7-9(11)8-16-12-3-1-2-6-15-13(12)18/h4-5,7,12,16H,1-3,6,8H2,(H,15,18). The van der Waals surface area contributed by atoms with E-state index in [2.05, 4.69) is 10.6 Å². The van der Waals surface area contributed by atoms with Gasteiger partial charge in [-0.2, -0.15) is 0 Å². The van der Waals surface area contributed by atoms with Crippen molar-refractivity contribution in [1.29, 1.82) is 0 Å². The third kappa shape index (κ3) is 3.68. The molecule has 1 atom stereocenters. The number of benzene rings is 1. The monoisotopic (exact) mass is 297 g/mol. The van der Waals surface area contributed by atoms with Crippen LogP contribution in [0, 0.1) is 10.1 Å². The van der Waals surface area contributed by atoms with E-state index in [0.717, 1.165) is 19.3 Å². The summed E-state index contributed by atoms with van der Waals surface area (Å²) in [7, 11) is 0. The van der Waals surface area contributed by atoms with Gasteiger partial charge < -0.3 is 10.6 Å². The highest BCUT2D eigenvalue weighted by Gasteiger charge is 2.20. The Balaban J connectivity index is 2.04. The van der Waals surface area contributed by atoms with Crippen molar-refractivity contribution >= 4 is 23.2 Å². The van der Waals surface area contributed by atoms with Crippen LogP contribution in [-0.2, 0) is 11.3 Å². The zero-order valence-corrected chi connectivity index (χ0v) is 11.7. The van der Waals surface area contributed by atoms with Crippen LogP contribution in [0.4, 0.5) is 5.69 Å². The third-order valence-corrected chi connectivity index (χ3v) is 3.68. The van der Waals surface area contributed by atoms with E-state index in [4.69, 9.17) is 11.6 Å². The van der Waals surface area contributed by atoms with E-state index in [9.17, 15) is 14.9 Å². The lowest BCUT2D eigenvalue weighted by Crippen LogP contribution is -2.42. The van der Waals surface area contributed by atoms with Crippen molar-refractivity contribution < 1.29 is 9.72 Å². The Kier molecular flexibility index (Phi) is 4.92. The van der Waals surface area contributed by atoms with Gasteiger partial charge in [0.05, 0.1) is 11.0 Å². The average Bonchev–Trinajstić information content (AvgIpc) is 2.62. The lowest BCUT2D eigenvalue weighted by Gasteiger charge is -2.15. The summed E-state index contributed by atoms with van der Waals surface area (Å²) >= 11 is 6.02. The second kappa shape index (κ2) is 6.67. The molecule has 2 N–H and O–H groups in total. The van der Waals surface area contributed by atoms with Crippen molar-refractivity contribution in [3.05, 3.63) is 38.9 Å². The molecule has 2 rings (SSSR count). The number of carbonyl (C=O) groups is 1. The Morgan fingerprint density at radius 2 is 2.25 bits per heavy atom. The maximum atomic E-state index is 11.8. The number of hydrogen-bond donors (Lipinski definition) is 2. The fraction of sp³-hybridized carbons (Fsp3) is 0.462. The van der Waals surface area contributed by atoms with Gasteiger partial charge in [0.25, 0.3) is 5.69 Å². The molecule has 1 fully saturated rings. The highest BCUT2D eigenvalue weighted by Crippen LogP contribution is 2.22. The summed E-state index contributed by atoms with van der Waals surface area (Å²) in [4.78, 5) is 22.1. The highest BCUT2D eigenvalue weighted by molar-refractivity contribution is 6.31. The first-order valence-electron chi connectivity index (χ1n) is 6.52. The van der Waals surface area contributed by atoms with Crippen molar-refractivity contribution in [2.75, 3.05) is 6.54 Å². The molecular formula is C13H16ClN3O3. The molecule has 1 aliphatic rings. The maximum Gasteiger partial charge on any atom is 0.269 e. The van der Waals surface area contributed by atoms with Crippen LogP contribution in [0.3, 0.4) is 0 Å². The van der Waals surface area contributed by atoms with Gasteiger partial charge in [0.2, 0.25) is 5.91 Å². The van der Waals surface area contributed by atoms with Gasteiger partial charge in [0.1, 0.15) is 0 Å². The van der Waals surface area contributed by atoms with Gasteiger partial charge in [0, 0.05) is 30.2 Å². The quantitative estimate of drug-likeness (QED) is 0.657. The number of halogens is 1. The molecule has 0 saturated carbocycles. The summed E-state index contributed by atoms with van der Waals surface area (Å²) in [5.74, 6) is -0.0240. The maximum absolute atomic E-state index is 11.8. The van der Waals surface area contributed by atoms with Crippen LogP contribution in [0.2, 0.25) is 5.02 Å². The lowest BCUT2D eigenvalue weighted by molar-refractivity contribution is -0.384. The molecule has 0 aliphatic carbocycles. The highest BCUT2D eigenvalue weighted by atomic mass is 35.5. The molecule has 0 radical (unpaired) electrons. The Hall–Kier alpha value is -1.66. The molecule has 0 aromatic heterocycles. The van der Waals surface area contributed by atoms with E-state index in [1.165, 1.54) is 18.2 Å². The number of nitro benzene ring substituents is 1. The Morgan fingerprint density at radius 3 is 3.00 bits per heavy atom. The summed E-state index contributed by atoms with van der Waals surface area (Å²) in [6.45, 7) is 1.03. The van der Waals surface area contributed by atoms with E-state index < -0.39 is 4.92 Å². The second-order valence-corrected chi connectivity index (χ2v) is 5.16. The Labute approximate surface area is 121 Å². The predicted molar refractivity (Wildman–Crippen MR) is 75.6 cm³/mol. The van der Waals surface area contributed by atoms with Gasteiger partial charge >= 0.3 is 0 Å². The number of carbonyl (C=O) groups excluding carboxylic acids is 1. The Morgan fingerprint density at radius 1 is 1.45 bits per heavy atom. The first kappa shape index (κ1) is 14.7. The van der Waals surface area contributed by atoms with Crippen LogP contribution < -0.4 is 10.6 Å². The zero-order chi connectivity index (χ0) is 14.5. The van der Waals surface area contributed by atoms with Crippen LogP contribution in [0.15, 0.2) is 18.2 Å². The Bertz CT molecular complexity index is 522. The SMILES string of the molecule is O=C1NCCCCC1NCc1cc([N+](=O)[O-])ccc1Cl. The van der Waals surface area contributed by atoms with Crippen LogP contribution >= 0.6 is 11.6 Å². The molecule has 0 bridgehead atoms. The van der Waals surface area contributed by atoms with Gasteiger partial charge in [-0.1, -0.05) is 11.6 Å². The zero-order valence-electron chi connectivity index (χ0n) is 10.9. The normalized spacial score (nSPS) is 19.2. The number of non-ortho nitro benzene ring substituents is 1. The topological polar surface area (TPSA) is 84.3 Å². The van der Waals surface area contributed by atoms with Gasteiger partial charge in [0.15, 0.2) is 0 Å². The van der Waals surface area contributed by atoms with Gasteiger partial charge in [-0.05, 0) is 30.9 Å².